The molecule has 19 heavy (non-hydrogen) atoms. The van der Waals surface area contributed by atoms with Crippen molar-refractivity contribution in [3.8, 4) is 0 Å². The van der Waals surface area contributed by atoms with Gasteiger partial charge in [0.2, 0.25) is 0 Å². The van der Waals surface area contributed by atoms with Crippen LogP contribution in [0.2, 0.25) is 0 Å². The lowest BCUT2D eigenvalue weighted by Gasteiger charge is -2.09. The van der Waals surface area contributed by atoms with E-state index in [4.69, 9.17) is 5.73 Å². The molecule has 0 saturated carbocycles. The first-order chi connectivity index (χ1) is 8.95. The van der Waals surface area contributed by atoms with Crippen LogP contribution < -0.4 is 11.1 Å². The van der Waals surface area contributed by atoms with Crippen molar-refractivity contribution in [3.63, 3.8) is 0 Å². The van der Waals surface area contributed by atoms with Gasteiger partial charge in [-0.25, -0.2) is 4.39 Å². The van der Waals surface area contributed by atoms with Gasteiger partial charge in [0.15, 0.2) is 0 Å². The number of halogens is 2. The molecule has 98 valence electrons. The Bertz CT molecular complexity index is 623. The van der Waals surface area contributed by atoms with E-state index in [9.17, 15) is 9.18 Å². The fourth-order valence-electron chi connectivity index (χ4n) is 1.70. The van der Waals surface area contributed by atoms with Crippen molar-refractivity contribution in [1.82, 2.24) is 0 Å². The highest BCUT2D eigenvalue weighted by Gasteiger charge is 2.10. The molecule has 2 rings (SSSR count). The highest BCUT2D eigenvalue weighted by atomic mass is 79.9. The van der Waals surface area contributed by atoms with Crippen LogP contribution in [0.3, 0.4) is 0 Å². The number of carbonyl (C=O) groups excluding carboxylic acids is 1. The molecule has 0 bridgehead atoms. The minimum absolute atomic E-state index is 0.270. The van der Waals surface area contributed by atoms with E-state index in [2.05, 4.69) is 21.2 Å². The summed E-state index contributed by atoms with van der Waals surface area (Å²) in [6.07, 6.45) is 0. The first-order valence-corrected chi connectivity index (χ1v) is 6.38. The first-order valence-electron chi connectivity index (χ1n) is 5.59. The minimum atomic E-state index is -0.434. The van der Waals surface area contributed by atoms with Gasteiger partial charge in [-0.3, -0.25) is 4.79 Å². The Labute approximate surface area is 118 Å². The van der Waals surface area contributed by atoms with Crippen molar-refractivity contribution in [2.75, 3.05) is 11.1 Å². The molecule has 0 heterocycles. The molecule has 0 saturated heterocycles. The van der Waals surface area contributed by atoms with Crippen molar-refractivity contribution < 1.29 is 9.18 Å². The van der Waals surface area contributed by atoms with Crippen LogP contribution in [-0.4, -0.2) is 5.91 Å². The molecule has 1 amide bonds. The van der Waals surface area contributed by atoms with Crippen molar-refractivity contribution in [1.29, 1.82) is 0 Å². The zero-order valence-electron chi connectivity index (χ0n) is 10.2. The number of hydrogen-bond donors (Lipinski definition) is 2. The Morgan fingerprint density at radius 1 is 1.26 bits per heavy atom. The summed E-state index contributed by atoms with van der Waals surface area (Å²) < 4.78 is 14.0. The normalized spacial score (nSPS) is 10.3. The lowest BCUT2D eigenvalue weighted by Crippen LogP contribution is -2.13. The lowest BCUT2D eigenvalue weighted by atomic mass is 10.1. The quantitative estimate of drug-likeness (QED) is 0.828. The number of nitrogens with one attached hydrogen (secondary N) is 1. The van der Waals surface area contributed by atoms with Crippen LogP contribution in [0.4, 0.5) is 15.8 Å². The molecule has 5 heteroatoms. The van der Waals surface area contributed by atoms with Gasteiger partial charge in [-0.2, -0.15) is 0 Å². The molecule has 0 spiro atoms. The summed E-state index contributed by atoms with van der Waals surface area (Å²) >= 11 is 3.32. The summed E-state index contributed by atoms with van der Waals surface area (Å²) in [5.41, 5.74) is 7.70. The van der Waals surface area contributed by atoms with E-state index in [1.807, 2.05) is 0 Å². The summed E-state index contributed by atoms with van der Waals surface area (Å²) in [4.78, 5) is 12.0. The fraction of sp³-hybridized carbons (Fsp3) is 0.0714. The molecule has 0 atom stereocenters. The van der Waals surface area contributed by atoms with Crippen LogP contribution in [0.15, 0.2) is 40.9 Å². The molecule has 0 aliphatic rings. The zero-order chi connectivity index (χ0) is 14.0. The molecule has 0 unspecified atom stereocenters. The van der Waals surface area contributed by atoms with Crippen molar-refractivity contribution in [3.05, 3.63) is 57.8 Å². The Morgan fingerprint density at radius 3 is 2.68 bits per heavy atom. The summed E-state index contributed by atoms with van der Waals surface area (Å²) in [6, 6.07) is 9.27. The summed E-state index contributed by atoms with van der Waals surface area (Å²) in [5, 5.41) is 2.69. The van der Waals surface area contributed by atoms with E-state index in [1.54, 1.807) is 31.2 Å². The third-order valence-electron chi connectivity index (χ3n) is 2.54. The van der Waals surface area contributed by atoms with Crippen LogP contribution in [-0.2, 0) is 0 Å². The van der Waals surface area contributed by atoms with Crippen molar-refractivity contribution in [2.45, 2.75) is 6.92 Å². The fourth-order valence-corrected chi connectivity index (χ4v) is 2.05. The molecule has 0 aliphatic carbocycles. The molecule has 0 fully saturated rings. The number of benzene rings is 2. The maximum atomic E-state index is 13.3. The average molecular weight is 323 g/mol. The highest BCUT2D eigenvalue weighted by molar-refractivity contribution is 9.10. The third-order valence-corrected chi connectivity index (χ3v) is 3.23. The second-order valence-electron chi connectivity index (χ2n) is 4.21. The number of anilines is 2. The van der Waals surface area contributed by atoms with Crippen LogP contribution in [0, 0.1) is 12.7 Å². The molecule has 0 aromatic heterocycles. The summed E-state index contributed by atoms with van der Waals surface area (Å²) in [6.45, 7) is 1.73. The van der Waals surface area contributed by atoms with Gasteiger partial charge in [0.1, 0.15) is 5.82 Å². The van der Waals surface area contributed by atoms with Gasteiger partial charge in [0.25, 0.3) is 5.91 Å². The van der Waals surface area contributed by atoms with E-state index in [0.29, 0.717) is 21.4 Å². The predicted molar refractivity (Wildman–Crippen MR) is 77.6 cm³/mol. The molecule has 3 N–H and O–H groups in total. The van der Waals surface area contributed by atoms with Crippen molar-refractivity contribution >= 4 is 33.2 Å². The van der Waals surface area contributed by atoms with E-state index in [-0.39, 0.29) is 11.5 Å². The number of aryl methyl sites for hydroxylation is 1. The molecular formula is C14H12BrFN2O. The predicted octanol–water partition coefficient (Wildman–Crippen LogP) is 3.73. The maximum absolute atomic E-state index is 13.3. The largest absolute Gasteiger partial charge is 0.399 e. The lowest BCUT2D eigenvalue weighted by molar-refractivity contribution is 0.102. The van der Waals surface area contributed by atoms with Gasteiger partial charge in [-0.1, -0.05) is 0 Å². The van der Waals surface area contributed by atoms with Gasteiger partial charge < -0.3 is 11.1 Å². The minimum Gasteiger partial charge on any atom is -0.399 e. The molecule has 2 aromatic carbocycles. The highest BCUT2D eigenvalue weighted by Crippen LogP contribution is 2.25. The summed E-state index contributed by atoms with van der Waals surface area (Å²) in [5.74, 6) is -0.814. The number of amides is 1. The van der Waals surface area contributed by atoms with E-state index >= 15 is 0 Å². The molecule has 0 radical (unpaired) electrons. The zero-order valence-corrected chi connectivity index (χ0v) is 11.8. The van der Waals surface area contributed by atoms with E-state index in [0.717, 1.165) is 0 Å². The second kappa shape index (κ2) is 5.40. The Morgan fingerprint density at radius 2 is 2.00 bits per heavy atom. The van der Waals surface area contributed by atoms with Gasteiger partial charge in [0.05, 0.1) is 5.69 Å². The summed E-state index contributed by atoms with van der Waals surface area (Å²) in [7, 11) is 0. The smallest absolute Gasteiger partial charge is 0.255 e. The average Bonchev–Trinajstić information content (AvgIpc) is 2.32. The van der Waals surface area contributed by atoms with Crippen LogP contribution in [0.25, 0.3) is 0 Å². The molecular weight excluding hydrogens is 311 g/mol. The topological polar surface area (TPSA) is 55.1 Å². The Kier molecular flexibility index (Phi) is 3.85. The van der Waals surface area contributed by atoms with Gasteiger partial charge in [-0.15, -0.1) is 0 Å². The first kappa shape index (κ1) is 13.5. The maximum Gasteiger partial charge on any atom is 0.255 e. The van der Waals surface area contributed by atoms with Crippen LogP contribution in [0.5, 0.6) is 0 Å². The Hall–Kier alpha value is -1.88. The van der Waals surface area contributed by atoms with Gasteiger partial charge in [-0.05, 0) is 64.8 Å². The standard InChI is InChI=1S/C14H12BrFN2O/c1-8-4-9(6-10(16)5-8)14(19)18-13-7-11(17)2-3-12(13)15/h2-7H,17H2,1H3,(H,18,19). The SMILES string of the molecule is Cc1cc(F)cc(C(=O)Nc2cc(N)ccc2Br)c1. The monoisotopic (exact) mass is 322 g/mol. The molecule has 2 aromatic rings. The number of rotatable bonds is 2. The van der Waals surface area contributed by atoms with Gasteiger partial charge in [0, 0.05) is 15.7 Å². The number of carbonyl (C=O) groups is 1. The van der Waals surface area contributed by atoms with E-state index in [1.165, 1.54) is 12.1 Å². The van der Waals surface area contributed by atoms with Crippen LogP contribution in [0.1, 0.15) is 15.9 Å². The van der Waals surface area contributed by atoms with Gasteiger partial charge >= 0.3 is 0 Å². The van der Waals surface area contributed by atoms with Crippen LogP contribution >= 0.6 is 15.9 Å². The Balaban J connectivity index is 2.28. The number of hydrogen-bond acceptors (Lipinski definition) is 2. The van der Waals surface area contributed by atoms with E-state index < -0.39 is 5.82 Å². The third kappa shape index (κ3) is 3.32. The van der Waals surface area contributed by atoms with Crippen molar-refractivity contribution in [2.24, 2.45) is 0 Å². The second-order valence-corrected chi connectivity index (χ2v) is 5.07. The number of nitrogen functional groups attached to an aromatic ring is 1. The number of nitrogens with two attached hydrogens (primary N) is 1. The molecule has 3 nitrogen and oxygen atoms in total. The molecule has 0 aliphatic heterocycles.